The maximum absolute atomic E-state index is 11.9. The van der Waals surface area contributed by atoms with E-state index >= 15 is 0 Å². The van der Waals surface area contributed by atoms with Gasteiger partial charge >= 0.3 is 0 Å². The van der Waals surface area contributed by atoms with Crippen molar-refractivity contribution in [2.24, 2.45) is 0 Å². The number of nitrogens with one attached hydrogen (secondary N) is 1. The Morgan fingerprint density at radius 2 is 2.08 bits per heavy atom. The fourth-order valence-corrected chi connectivity index (χ4v) is 0.980. The Bertz CT molecular complexity index is 238. The van der Waals surface area contributed by atoms with Crippen molar-refractivity contribution in [3.05, 3.63) is 35.9 Å². The number of hydrogen-bond donors (Lipinski definition) is 1. The first-order valence-electron chi connectivity index (χ1n) is 3.72. The van der Waals surface area contributed by atoms with Gasteiger partial charge in [0.25, 0.3) is 0 Å². The minimum Gasteiger partial charge on any atom is -0.302 e. The zero-order valence-corrected chi connectivity index (χ0v) is 6.53. The van der Waals surface area contributed by atoms with E-state index in [0.29, 0.717) is 12.7 Å². The molecule has 1 atom stereocenters. The Labute approximate surface area is 70.3 Å². The number of carbonyl (C=O) groups is 1. The smallest absolute Gasteiger partial charge is 0.139 e. The molecule has 0 saturated heterocycles. The van der Waals surface area contributed by atoms with Crippen LogP contribution in [0, 0.1) is 0 Å². The van der Waals surface area contributed by atoms with E-state index in [1.165, 1.54) is 5.54 Å². The zero-order valence-electron chi connectivity index (χ0n) is 6.53. The number of aldehydes is 1. The molecule has 0 aromatic heterocycles. The third-order valence-electron chi connectivity index (χ3n) is 1.60. The summed E-state index contributed by atoms with van der Waals surface area (Å²) < 4.78 is 11.9. The van der Waals surface area contributed by atoms with Gasteiger partial charge in [-0.2, -0.15) is 0 Å². The largest absolute Gasteiger partial charge is 0.302 e. The Balaban J connectivity index is 2.56. The summed E-state index contributed by atoms with van der Waals surface area (Å²) in [4.78, 5) is 10.2. The van der Waals surface area contributed by atoms with Crippen LogP contribution in [0.4, 0.5) is 4.48 Å². The molecule has 1 aromatic rings. The molecule has 0 saturated carbocycles. The standard InChI is InChI=1S/C9H10FNO/c10-11-9(7-12)6-8-4-2-1-3-5-8/h1-5,7,9,11H,6H2. The van der Waals surface area contributed by atoms with Crippen molar-refractivity contribution in [2.75, 3.05) is 0 Å². The second-order valence-electron chi connectivity index (χ2n) is 2.54. The molecule has 0 fully saturated rings. The SMILES string of the molecule is O=CC(Cc1ccccc1)NF. The van der Waals surface area contributed by atoms with Gasteiger partial charge in [-0.25, -0.2) is 0 Å². The minimum absolute atomic E-state index is 0.390. The average Bonchev–Trinajstić information content (AvgIpc) is 2.16. The van der Waals surface area contributed by atoms with E-state index in [2.05, 4.69) is 0 Å². The van der Waals surface area contributed by atoms with E-state index in [-0.39, 0.29) is 0 Å². The topological polar surface area (TPSA) is 29.1 Å². The normalized spacial score (nSPS) is 12.4. The molecule has 0 aliphatic rings. The molecule has 0 heterocycles. The molecule has 0 spiro atoms. The molecule has 0 aliphatic carbocycles. The molecule has 0 bridgehead atoms. The summed E-state index contributed by atoms with van der Waals surface area (Å²) in [5.74, 6) is 0. The third-order valence-corrected chi connectivity index (χ3v) is 1.60. The number of hydrogen-bond acceptors (Lipinski definition) is 2. The van der Waals surface area contributed by atoms with Crippen LogP contribution in [0.2, 0.25) is 0 Å². The van der Waals surface area contributed by atoms with Gasteiger partial charge in [0, 0.05) is 0 Å². The van der Waals surface area contributed by atoms with Crippen molar-refractivity contribution in [2.45, 2.75) is 12.5 Å². The van der Waals surface area contributed by atoms with Crippen molar-refractivity contribution < 1.29 is 9.28 Å². The van der Waals surface area contributed by atoms with Crippen LogP contribution in [0.1, 0.15) is 5.56 Å². The van der Waals surface area contributed by atoms with E-state index < -0.39 is 6.04 Å². The summed E-state index contributed by atoms with van der Waals surface area (Å²) >= 11 is 0. The molecular formula is C9H10FNO. The second kappa shape index (κ2) is 4.62. The van der Waals surface area contributed by atoms with Gasteiger partial charge in [0.1, 0.15) is 6.29 Å². The van der Waals surface area contributed by atoms with Gasteiger partial charge in [0.05, 0.1) is 6.04 Å². The van der Waals surface area contributed by atoms with Gasteiger partial charge in [0.15, 0.2) is 0 Å². The lowest BCUT2D eigenvalue weighted by molar-refractivity contribution is -0.110. The van der Waals surface area contributed by atoms with Crippen molar-refractivity contribution in [1.82, 2.24) is 5.54 Å². The van der Waals surface area contributed by atoms with Crippen LogP contribution in [0.5, 0.6) is 0 Å². The Kier molecular flexibility index (Phi) is 3.41. The highest BCUT2D eigenvalue weighted by Gasteiger charge is 2.05. The lowest BCUT2D eigenvalue weighted by atomic mass is 10.1. The van der Waals surface area contributed by atoms with Crippen LogP contribution in [0.15, 0.2) is 30.3 Å². The third kappa shape index (κ3) is 2.43. The van der Waals surface area contributed by atoms with Gasteiger partial charge in [-0.3, -0.25) is 0 Å². The van der Waals surface area contributed by atoms with E-state index in [4.69, 9.17) is 0 Å². The lowest BCUT2D eigenvalue weighted by Gasteiger charge is -2.04. The predicted molar refractivity (Wildman–Crippen MR) is 44.2 cm³/mol. The summed E-state index contributed by atoms with van der Waals surface area (Å²) in [6.45, 7) is 0. The van der Waals surface area contributed by atoms with Crippen molar-refractivity contribution in [3.8, 4) is 0 Å². The molecule has 1 unspecified atom stereocenters. The molecule has 2 nitrogen and oxygen atoms in total. The number of benzene rings is 1. The van der Waals surface area contributed by atoms with Crippen LogP contribution < -0.4 is 5.54 Å². The molecule has 0 radical (unpaired) electrons. The quantitative estimate of drug-likeness (QED) is 0.540. The minimum atomic E-state index is -0.729. The summed E-state index contributed by atoms with van der Waals surface area (Å²) in [5, 5.41) is 0. The van der Waals surface area contributed by atoms with Crippen LogP contribution in [-0.4, -0.2) is 12.3 Å². The summed E-state index contributed by atoms with van der Waals surface area (Å²) in [7, 11) is 0. The van der Waals surface area contributed by atoms with E-state index in [1.807, 2.05) is 30.3 Å². The van der Waals surface area contributed by atoms with Crippen LogP contribution in [0.25, 0.3) is 0 Å². The monoisotopic (exact) mass is 167 g/mol. The first-order valence-corrected chi connectivity index (χ1v) is 3.72. The number of rotatable bonds is 4. The molecule has 64 valence electrons. The van der Waals surface area contributed by atoms with Gasteiger partial charge in [-0.15, -0.1) is 10.0 Å². The number of carbonyl (C=O) groups excluding carboxylic acids is 1. The highest BCUT2D eigenvalue weighted by molar-refractivity contribution is 5.58. The average molecular weight is 167 g/mol. The lowest BCUT2D eigenvalue weighted by Crippen LogP contribution is -2.25. The molecule has 0 amide bonds. The first-order chi connectivity index (χ1) is 5.86. The summed E-state index contributed by atoms with van der Waals surface area (Å²) in [6, 6.07) is 8.57. The highest BCUT2D eigenvalue weighted by atomic mass is 19.2. The Morgan fingerprint density at radius 1 is 1.42 bits per heavy atom. The molecule has 1 rings (SSSR count). The van der Waals surface area contributed by atoms with Gasteiger partial charge in [-0.05, 0) is 12.0 Å². The molecule has 0 aliphatic heterocycles. The van der Waals surface area contributed by atoms with Crippen LogP contribution >= 0.6 is 0 Å². The van der Waals surface area contributed by atoms with E-state index in [9.17, 15) is 9.28 Å². The van der Waals surface area contributed by atoms with Crippen molar-refractivity contribution in [3.63, 3.8) is 0 Å². The Morgan fingerprint density at radius 3 is 2.58 bits per heavy atom. The van der Waals surface area contributed by atoms with E-state index in [0.717, 1.165) is 5.56 Å². The van der Waals surface area contributed by atoms with Crippen molar-refractivity contribution in [1.29, 1.82) is 0 Å². The molecule has 1 N–H and O–H groups in total. The predicted octanol–water partition coefficient (Wildman–Crippen LogP) is 1.27. The van der Waals surface area contributed by atoms with Crippen molar-refractivity contribution >= 4 is 6.29 Å². The fourth-order valence-electron chi connectivity index (χ4n) is 0.980. The second-order valence-corrected chi connectivity index (χ2v) is 2.54. The van der Waals surface area contributed by atoms with Gasteiger partial charge in [0.2, 0.25) is 0 Å². The highest BCUT2D eigenvalue weighted by Crippen LogP contribution is 2.01. The summed E-state index contributed by atoms with van der Waals surface area (Å²) in [6.07, 6.45) is 0.952. The Hall–Kier alpha value is -1.22. The summed E-state index contributed by atoms with van der Waals surface area (Å²) in [5.41, 5.74) is 2.38. The van der Waals surface area contributed by atoms with Crippen LogP contribution in [0.3, 0.4) is 0 Å². The zero-order chi connectivity index (χ0) is 8.81. The number of halogens is 1. The van der Waals surface area contributed by atoms with E-state index in [1.54, 1.807) is 0 Å². The molecular weight excluding hydrogens is 157 g/mol. The molecule has 12 heavy (non-hydrogen) atoms. The maximum atomic E-state index is 11.9. The molecule has 3 heteroatoms. The maximum Gasteiger partial charge on any atom is 0.139 e. The van der Waals surface area contributed by atoms with Gasteiger partial charge < -0.3 is 4.79 Å². The first kappa shape index (κ1) is 8.87. The van der Waals surface area contributed by atoms with Crippen LogP contribution in [-0.2, 0) is 11.2 Å². The fraction of sp³-hybridized carbons (Fsp3) is 0.222. The van der Waals surface area contributed by atoms with Gasteiger partial charge in [-0.1, -0.05) is 30.3 Å². The molecule has 1 aromatic carbocycles.